The van der Waals surface area contributed by atoms with Crippen LogP contribution in [0.1, 0.15) is 25.5 Å². The molecule has 1 aromatic rings. The number of nitrogens with one attached hydrogen (secondary N) is 1. The maximum absolute atomic E-state index is 11.2. The summed E-state index contributed by atoms with van der Waals surface area (Å²) in [7, 11) is -2.94. The van der Waals surface area contributed by atoms with Gasteiger partial charge in [-0.15, -0.1) is 0 Å². The summed E-state index contributed by atoms with van der Waals surface area (Å²) in [5.41, 5.74) is 0.917. The molecule has 0 aliphatic rings. The van der Waals surface area contributed by atoms with Crippen LogP contribution in [0, 0.1) is 5.92 Å². The summed E-state index contributed by atoms with van der Waals surface area (Å²) in [6, 6.07) is 5.52. The molecule has 2 atom stereocenters. The van der Waals surface area contributed by atoms with Crippen molar-refractivity contribution in [3.05, 3.63) is 33.8 Å². The zero-order chi connectivity index (χ0) is 14.6. The molecule has 3 nitrogen and oxygen atoms in total. The molecule has 1 aromatic carbocycles. The predicted molar refractivity (Wildman–Crippen MR) is 81.8 cm³/mol. The summed E-state index contributed by atoms with van der Waals surface area (Å²) in [4.78, 5) is 0. The van der Waals surface area contributed by atoms with Crippen LogP contribution < -0.4 is 5.32 Å². The van der Waals surface area contributed by atoms with Crippen LogP contribution in [0.5, 0.6) is 0 Å². The number of hydrogen-bond donors (Lipinski definition) is 1. The molecule has 0 aromatic heterocycles. The van der Waals surface area contributed by atoms with E-state index in [4.69, 9.17) is 23.2 Å². The lowest BCUT2D eigenvalue weighted by Gasteiger charge is -2.19. The molecule has 108 valence electrons. The van der Waals surface area contributed by atoms with Crippen molar-refractivity contribution in [1.82, 2.24) is 5.32 Å². The summed E-state index contributed by atoms with van der Waals surface area (Å²) >= 11 is 12.1. The van der Waals surface area contributed by atoms with Gasteiger partial charge in [0.2, 0.25) is 0 Å². The van der Waals surface area contributed by atoms with Crippen molar-refractivity contribution in [3.8, 4) is 0 Å². The monoisotopic (exact) mass is 323 g/mol. The van der Waals surface area contributed by atoms with Gasteiger partial charge in [-0.2, -0.15) is 0 Å². The van der Waals surface area contributed by atoms with Crippen LogP contribution in [-0.4, -0.2) is 27.0 Å². The van der Waals surface area contributed by atoms with Crippen LogP contribution in [0.25, 0.3) is 0 Å². The van der Waals surface area contributed by atoms with E-state index in [1.165, 1.54) is 6.26 Å². The van der Waals surface area contributed by atoms with Crippen molar-refractivity contribution in [2.45, 2.75) is 19.9 Å². The van der Waals surface area contributed by atoms with Crippen LogP contribution in [-0.2, 0) is 9.84 Å². The maximum Gasteiger partial charge on any atom is 0.147 e. The first-order chi connectivity index (χ1) is 8.70. The Labute approximate surface area is 125 Å². The molecule has 0 fully saturated rings. The van der Waals surface area contributed by atoms with Crippen LogP contribution in [0.3, 0.4) is 0 Å². The highest BCUT2D eigenvalue weighted by Crippen LogP contribution is 2.29. The third kappa shape index (κ3) is 5.69. The molecule has 0 aliphatic carbocycles. The van der Waals surface area contributed by atoms with Crippen LogP contribution in [0.2, 0.25) is 10.0 Å². The molecule has 6 heteroatoms. The topological polar surface area (TPSA) is 46.2 Å². The summed E-state index contributed by atoms with van der Waals surface area (Å²) < 4.78 is 22.4. The fourth-order valence-corrected chi connectivity index (χ4v) is 3.54. The molecule has 0 aliphatic heterocycles. The highest BCUT2D eigenvalue weighted by Gasteiger charge is 2.14. The van der Waals surface area contributed by atoms with Crippen LogP contribution in [0.4, 0.5) is 0 Å². The predicted octanol–water partition coefficient (Wildman–Crippen LogP) is 3.32. The Hall–Kier alpha value is -0.290. The second-order valence-electron chi connectivity index (χ2n) is 4.97. The zero-order valence-electron chi connectivity index (χ0n) is 11.3. The molecule has 0 unspecified atom stereocenters. The van der Waals surface area contributed by atoms with Crippen molar-refractivity contribution in [2.75, 3.05) is 18.6 Å². The summed E-state index contributed by atoms with van der Waals surface area (Å²) in [6.07, 6.45) is 1.25. The number of halogens is 2. The Bertz CT molecular complexity index is 531. The Balaban J connectivity index is 2.61. The number of benzene rings is 1. The standard InChI is InChI=1S/C13H19Cl2NO2S/c1-9(8-19(3,17)18)7-16-10(2)11-5-4-6-12(14)13(11)15/h4-6,9-10,16H,7-8H2,1-3H3/t9-,10+/m0/s1. The molecule has 1 rings (SSSR count). The Morgan fingerprint density at radius 2 is 1.89 bits per heavy atom. The zero-order valence-corrected chi connectivity index (χ0v) is 13.6. The third-order valence-electron chi connectivity index (χ3n) is 2.81. The Kier molecular flexibility index (Phi) is 6.12. The molecule has 0 spiro atoms. The van der Waals surface area contributed by atoms with E-state index in [9.17, 15) is 8.42 Å². The Morgan fingerprint density at radius 3 is 2.47 bits per heavy atom. The molecule has 0 saturated carbocycles. The van der Waals surface area contributed by atoms with E-state index in [2.05, 4.69) is 5.32 Å². The van der Waals surface area contributed by atoms with Gasteiger partial charge in [-0.25, -0.2) is 8.42 Å². The molecule has 0 heterocycles. The largest absolute Gasteiger partial charge is 0.310 e. The van der Waals surface area contributed by atoms with Crippen molar-refractivity contribution >= 4 is 33.0 Å². The summed E-state index contributed by atoms with van der Waals surface area (Å²) in [6.45, 7) is 4.49. The first-order valence-electron chi connectivity index (χ1n) is 6.05. The number of hydrogen-bond acceptors (Lipinski definition) is 3. The molecule has 19 heavy (non-hydrogen) atoms. The first kappa shape index (κ1) is 16.8. The van der Waals surface area contributed by atoms with Gasteiger partial charge in [0.05, 0.1) is 15.8 Å². The number of rotatable bonds is 6. The lowest BCUT2D eigenvalue weighted by Crippen LogP contribution is -2.28. The molecular formula is C13H19Cl2NO2S. The average molecular weight is 324 g/mol. The summed E-state index contributed by atoms with van der Waals surface area (Å²) in [5.74, 6) is 0.228. The first-order valence-corrected chi connectivity index (χ1v) is 8.87. The number of sulfone groups is 1. The van der Waals surface area contributed by atoms with Gasteiger partial charge < -0.3 is 5.32 Å². The minimum Gasteiger partial charge on any atom is -0.310 e. The smallest absolute Gasteiger partial charge is 0.147 e. The van der Waals surface area contributed by atoms with E-state index < -0.39 is 9.84 Å². The van der Waals surface area contributed by atoms with E-state index in [0.29, 0.717) is 16.6 Å². The van der Waals surface area contributed by atoms with Crippen molar-refractivity contribution in [1.29, 1.82) is 0 Å². The van der Waals surface area contributed by atoms with Crippen molar-refractivity contribution in [3.63, 3.8) is 0 Å². The van der Waals surface area contributed by atoms with Crippen LogP contribution >= 0.6 is 23.2 Å². The second kappa shape index (κ2) is 6.93. The molecule has 0 amide bonds. The quantitative estimate of drug-likeness (QED) is 0.873. The molecular weight excluding hydrogens is 305 g/mol. The fraction of sp³-hybridized carbons (Fsp3) is 0.538. The lowest BCUT2D eigenvalue weighted by atomic mass is 10.1. The SMILES string of the molecule is C[C@@H](CN[C@H](C)c1cccc(Cl)c1Cl)CS(C)(=O)=O. The average Bonchev–Trinajstić information content (AvgIpc) is 2.27. The van der Waals surface area contributed by atoms with Gasteiger partial charge in [-0.05, 0) is 31.0 Å². The molecule has 0 bridgehead atoms. The highest BCUT2D eigenvalue weighted by molar-refractivity contribution is 7.90. The van der Waals surface area contributed by atoms with Gasteiger partial charge in [-0.1, -0.05) is 42.3 Å². The third-order valence-corrected chi connectivity index (χ3v) is 4.82. The van der Waals surface area contributed by atoms with Gasteiger partial charge in [0.15, 0.2) is 0 Å². The van der Waals surface area contributed by atoms with Gasteiger partial charge in [-0.3, -0.25) is 0 Å². The molecule has 1 N–H and O–H groups in total. The van der Waals surface area contributed by atoms with E-state index in [-0.39, 0.29) is 17.7 Å². The van der Waals surface area contributed by atoms with E-state index >= 15 is 0 Å². The minimum absolute atomic E-state index is 0.0215. The fourth-order valence-electron chi connectivity index (χ4n) is 1.92. The second-order valence-corrected chi connectivity index (χ2v) is 7.94. The van der Waals surface area contributed by atoms with E-state index in [0.717, 1.165) is 5.56 Å². The highest BCUT2D eigenvalue weighted by atomic mass is 35.5. The van der Waals surface area contributed by atoms with Gasteiger partial charge in [0, 0.05) is 12.3 Å². The molecule has 0 radical (unpaired) electrons. The maximum atomic E-state index is 11.2. The van der Waals surface area contributed by atoms with Gasteiger partial charge in [0.25, 0.3) is 0 Å². The van der Waals surface area contributed by atoms with Crippen LogP contribution in [0.15, 0.2) is 18.2 Å². The van der Waals surface area contributed by atoms with Crippen molar-refractivity contribution in [2.24, 2.45) is 5.92 Å². The lowest BCUT2D eigenvalue weighted by molar-refractivity contribution is 0.492. The Morgan fingerprint density at radius 1 is 1.26 bits per heavy atom. The van der Waals surface area contributed by atoms with E-state index in [1.54, 1.807) is 6.07 Å². The van der Waals surface area contributed by atoms with E-state index in [1.807, 2.05) is 26.0 Å². The minimum atomic E-state index is -2.94. The molecule has 0 saturated heterocycles. The van der Waals surface area contributed by atoms with Gasteiger partial charge >= 0.3 is 0 Å². The normalized spacial score (nSPS) is 15.2. The van der Waals surface area contributed by atoms with Gasteiger partial charge in [0.1, 0.15) is 9.84 Å². The van der Waals surface area contributed by atoms with Crippen molar-refractivity contribution < 1.29 is 8.42 Å². The summed E-state index contributed by atoms with van der Waals surface area (Å²) in [5, 5.41) is 4.35.